The van der Waals surface area contributed by atoms with Gasteiger partial charge in [-0.3, -0.25) is 0 Å². The molecule has 3 aromatic rings. The average Bonchev–Trinajstić information content (AvgIpc) is 3.10. The molecule has 1 saturated heterocycles. The van der Waals surface area contributed by atoms with Crippen molar-refractivity contribution in [1.82, 2.24) is 15.1 Å². The van der Waals surface area contributed by atoms with Crippen molar-refractivity contribution in [2.24, 2.45) is 0 Å². The summed E-state index contributed by atoms with van der Waals surface area (Å²) in [6.45, 7) is 3.26. The van der Waals surface area contributed by atoms with Crippen molar-refractivity contribution in [3.8, 4) is 17.3 Å². The maximum absolute atomic E-state index is 13.8. The third-order valence-corrected chi connectivity index (χ3v) is 5.48. The molecule has 0 spiro atoms. The van der Waals surface area contributed by atoms with Gasteiger partial charge in [0.1, 0.15) is 11.9 Å². The fraction of sp³-hybridized carbons (Fsp3) is 0.381. The molecule has 1 aromatic carbocycles. The summed E-state index contributed by atoms with van der Waals surface area (Å²) in [6, 6.07) is 8.46. The Bertz CT molecular complexity index is 1010. The largest absolute Gasteiger partial charge is 0.472 e. The Morgan fingerprint density at radius 3 is 2.89 bits per heavy atom. The zero-order chi connectivity index (χ0) is 19.1. The first-order valence-corrected chi connectivity index (χ1v) is 9.46. The van der Waals surface area contributed by atoms with Crippen molar-refractivity contribution in [1.29, 1.82) is 0 Å². The van der Waals surface area contributed by atoms with E-state index in [1.165, 1.54) is 6.07 Å². The predicted molar refractivity (Wildman–Crippen MR) is 98.5 cm³/mol. The number of pyridine rings is 1. The summed E-state index contributed by atoms with van der Waals surface area (Å²) in [5.41, 5.74) is 2.35. The molecule has 144 valence electrons. The molecular formula is C21H20FN3O3. The lowest BCUT2D eigenvalue weighted by Gasteiger charge is -2.14. The molecule has 0 N–H and O–H groups in total. The van der Waals surface area contributed by atoms with Crippen LogP contribution in [0.1, 0.15) is 36.2 Å². The van der Waals surface area contributed by atoms with Crippen molar-refractivity contribution in [3.05, 3.63) is 59.3 Å². The summed E-state index contributed by atoms with van der Waals surface area (Å²) in [5, 5.41) is 4.22. The van der Waals surface area contributed by atoms with E-state index in [-0.39, 0.29) is 17.3 Å². The highest BCUT2D eigenvalue weighted by Crippen LogP contribution is 2.53. The fourth-order valence-electron chi connectivity index (χ4n) is 3.77. The van der Waals surface area contributed by atoms with Gasteiger partial charge in [-0.2, -0.15) is 4.98 Å². The van der Waals surface area contributed by atoms with Gasteiger partial charge in [0, 0.05) is 24.2 Å². The number of hydrogen-bond acceptors (Lipinski definition) is 6. The standard InChI is InChI=1S/C21H20FN3O3/c1-13-2-3-15(22)11-17(13)21(6-7-21)20-24-19(28-25-20)14-4-8-23-18(10-14)27-16-5-9-26-12-16/h2-4,8,10-11,16H,5-7,9,12H2,1H3. The van der Waals surface area contributed by atoms with Gasteiger partial charge < -0.3 is 14.0 Å². The highest BCUT2D eigenvalue weighted by molar-refractivity contribution is 5.55. The first-order chi connectivity index (χ1) is 13.6. The van der Waals surface area contributed by atoms with Gasteiger partial charge in [0.25, 0.3) is 5.89 Å². The highest BCUT2D eigenvalue weighted by Gasteiger charge is 2.51. The normalized spacial score (nSPS) is 20.3. The molecule has 5 rings (SSSR count). The summed E-state index contributed by atoms with van der Waals surface area (Å²) in [7, 11) is 0. The number of benzene rings is 1. The van der Waals surface area contributed by atoms with Crippen molar-refractivity contribution < 1.29 is 18.4 Å². The van der Waals surface area contributed by atoms with Gasteiger partial charge in [-0.05, 0) is 49.1 Å². The van der Waals surface area contributed by atoms with Crippen LogP contribution in [0.3, 0.4) is 0 Å². The minimum Gasteiger partial charge on any atom is -0.472 e. The van der Waals surface area contributed by atoms with Gasteiger partial charge in [-0.15, -0.1) is 0 Å². The number of ether oxygens (including phenoxy) is 2. The molecule has 1 aliphatic heterocycles. The van der Waals surface area contributed by atoms with Crippen LogP contribution in [0.25, 0.3) is 11.5 Å². The van der Waals surface area contributed by atoms with Crippen LogP contribution < -0.4 is 4.74 Å². The number of aromatic nitrogens is 3. The zero-order valence-electron chi connectivity index (χ0n) is 15.5. The third-order valence-electron chi connectivity index (χ3n) is 5.48. The number of hydrogen-bond donors (Lipinski definition) is 0. The molecule has 2 fully saturated rings. The summed E-state index contributed by atoms with van der Waals surface area (Å²) in [6.07, 6.45) is 4.29. The SMILES string of the molecule is Cc1ccc(F)cc1C1(c2noc(-c3ccnc(OC4CCOC4)c3)n2)CC1. The highest BCUT2D eigenvalue weighted by atomic mass is 19.1. The quantitative estimate of drug-likeness (QED) is 0.669. The Hall–Kier alpha value is -2.80. The van der Waals surface area contributed by atoms with Gasteiger partial charge in [-0.25, -0.2) is 9.37 Å². The van der Waals surface area contributed by atoms with E-state index in [1.54, 1.807) is 24.4 Å². The van der Waals surface area contributed by atoms with E-state index in [1.807, 2.05) is 13.0 Å². The topological polar surface area (TPSA) is 70.3 Å². The fourth-order valence-corrected chi connectivity index (χ4v) is 3.77. The molecule has 1 aliphatic carbocycles. The van der Waals surface area contributed by atoms with Gasteiger partial charge in [-0.1, -0.05) is 11.2 Å². The zero-order valence-corrected chi connectivity index (χ0v) is 15.5. The minimum absolute atomic E-state index is 0.0201. The van der Waals surface area contributed by atoms with Gasteiger partial charge in [0.15, 0.2) is 5.82 Å². The van der Waals surface area contributed by atoms with Crippen LogP contribution >= 0.6 is 0 Å². The molecule has 0 bridgehead atoms. The second-order valence-corrected chi connectivity index (χ2v) is 7.45. The molecule has 0 amide bonds. The average molecular weight is 381 g/mol. The van der Waals surface area contributed by atoms with Gasteiger partial charge in [0.2, 0.25) is 5.88 Å². The first kappa shape index (κ1) is 17.3. The van der Waals surface area contributed by atoms with E-state index in [9.17, 15) is 4.39 Å². The Morgan fingerprint density at radius 2 is 2.11 bits per heavy atom. The molecule has 3 heterocycles. The van der Waals surface area contributed by atoms with Crippen molar-refractivity contribution in [2.75, 3.05) is 13.2 Å². The first-order valence-electron chi connectivity index (χ1n) is 9.46. The molecular weight excluding hydrogens is 361 g/mol. The van der Waals surface area contributed by atoms with E-state index < -0.39 is 0 Å². The van der Waals surface area contributed by atoms with Crippen LogP contribution in [0.15, 0.2) is 41.1 Å². The Kier molecular flexibility index (Phi) is 4.12. The Morgan fingerprint density at radius 1 is 1.21 bits per heavy atom. The van der Waals surface area contributed by atoms with Crippen molar-refractivity contribution in [2.45, 2.75) is 37.7 Å². The maximum Gasteiger partial charge on any atom is 0.258 e. The maximum atomic E-state index is 13.8. The molecule has 28 heavy (non-hydrogen) atoms. The number of halogens is 1. The predicted octanol–water partition coefficient (Wildman–Crippen LogP) is 3.83. The van der Waals surface area contributed by atoms with Crippen molar-refractivity contribution in [3.63, 3.8) is 0 Å². The van der Waals surface area contributed by atoms with Crippen LogP contribution in [0, 0.1) is 12.7 Å². The molecule has 6 nitrogen and oxygen atoms in total. The van der Waals surface area contributed by atoms with E-state index in [0.717, 1.165) is 36.0 Å². The summed E-state index contributed by atoms with van der Waals surface area (Å²) in [5.74, 6) is 1.27. The molecule has 1 unspecified atom stereocenters. The lowest BCUT2D eigenvalue weighted by atomic mass is 9.91. The summed E-state index contributed by atoms with van der Waals surface area (Å²) < 4.78 is 30.5. The van der Waals surface area contributed by atoms with E-state index >= 15 is 0 Å². The van der Waals surface area contributed by atoms with Crippen LogP contribution in [0.5, 0.6) is 5.88 Å². The van der Waals surface area contributed by atoms with E-state index in [4.69, 9.17) is 14.0 Å². The molecule has 1 saturated carbocycles. The van der Waals surface area contributed by atoms with Gasteiger partial charge in [0.05, 0.1) is 18.6 Å². The minimum atomic E-state index is -0.360. The van der Waals surface area contributed by atoms with Crippen LogP contribution in [-0.2, 0) is 10.2 Å². The van der Waals surface area contributed by atoms with Crippen LogP contribution in [0.4, 0.5) is 4.39 Å². The number of nitrogens with zero attached hydrogens (tertiary/aromatic N) is 3. The molecule has 7 heteroatoms. The second-order valence-electron chi connectivity index (χ2n) is 7.45. The summed E-state index contributed by atoms with van der Waals surface area (Å²) in [4.78, 5) is 8.88. The lowest BCUT2D eigenvalue weighted by Crippen LogP contribution is -2.16. The smallest absolute Gasteiger partial charge is 0.258 e. The van der Waals surface area contributed by atoms with Crippen LogP contribution in [-0.4, -0.2) is 34.4 Å². The van der Waals surface area contributed by atoms with Crippen LogP contribution in [0.2, 0.25) is 0 Å². The summed E-state index contributed by atoms with van der Waals surface area (Å²) >= 11 is 0. The van der Waals surface area contributed by atoms with Gasteiger partial charge >= 0.3 is 0 Å². The molecule has 2 aliphatic rings. The third kappa shape index (κ3) is 3.05. The van der Waals surface area contributed by atoms with Crippen molar-refractivity contribution >= 4 is 0 Å². The molecule has 1 atom stereocenters. The second kappa shape index (κ2) is 6.67. The van der Waals surface area contributed by atoms with E-state index in [0.29, 0.717) is 30.8 Å². The number of aryl methyl sites for hydroxylation is 1. The Balaban J connectivity index is 1.43. The molecule has 2 aromatic heterocycles. The molecule has 0 radical (unpaired) electrons. The Labute approximate surface area is 161 Å². The number of rotatable bonds is 5. The van der Waals surface area contributed by atoms with E-state index in [2.05, 4.69) is 15.1 Å². The lowest BCUT2D eigenvalue weighted by molar-refractivity contribution is 0.138. The monoisotopic (exact) mass is 381 g/mol.